The predicted octanol–water partition coefficient (Wildman–Crippen LogP) is 4.41. The van der Waals surface area contributed by atoms with Gasteiger partial charge in [0.15, 0.2) is 0 Å². The van der Waals surface area contributed by atoms with Gasteiger partial charge >= 0.3 is 0 Å². The maximum atomic E-state index is 5.16. The molecule has 1 aromatic rings. The Morgan fingerprint density at radius 3 is 2.71 bits per heavy atom. The monoisotopic (exact) mass is 230 g/mol. The Hall–Kier alpha value is -1.42. The summed E-state index contributed by atoms with van der Waals surface area (Å²) in [5.74, 6) is 7.28. The van der Waals surface area contributed by atoms with Crippen molar-refractivity contribution in [1.82, 2.24) is 0 Å². The van der Waals surface area contributed by atoms with E-state index < -0.39 is 0 Å². The van der Waals surface area contributed by atoms with Gasteiger partial charge < -0.3 is 4.74 Å². The number of ether oxygens (including phenoxy) is 1. The second-order valence-electron chi connectivity index (χ2n) is 4.20. The van der Waals surface area contributed by atoms with E-state index in [2.05, 4.69) is 18.8 Å². The third kappa shape index (κ3) is 6.02. The summed E-state index contributed by atoms with van der Waals surface area (Å²) in [4.78, 5) is 0. The molecule has 0 fully saturated rings. The zero-order chi connectivity index (χ0) is 12.3. The normalized spacial score (nSPS) is 9.53. The number of rotatable bonds is 6. The molecule has 0 aliphatic heterocycles. The summed E-state index contributed by atoms with van der Waals surface area (Å²) < 4.78 is 5.16. The summed E-state index contributed by atoms with van der Waals surface area (Å²) in [6, 6.07) is 7.91. The third-order valence-electron chi connectivity index (χ3n) is 2.71. The first-order valence-electron chi connectivity index (χ1n) is 6.49. The maximum Gasteiger partial charge on any atom is 0.120 e. The molecule has 0 radical (unpaired) electrons. The number of methoxy groups -OCH3 is 1. The smallest absolute Gasteiger partial charge is 0.120 e. The minimum absolute atomic E-state index is 0.875. The van der Waals surface area contributed by atoms with Crippen molar-refractivity contribution < 1.29 is 4.74 Å². The van der Waals surface area contributed by atoms with Crippen molar-refractivity contribution >= 4 is 0 Å². The summed E-state index contributed by atoms with van der Waals surface area (Å²) in [6.07, 6.45) is 7.52. The highest BCUT2D eigenvalue weighted by molar-refractivity contribution is 5.39. The van der Waals surface area contributed by atoms with Crippen LogP contribution in [0.15, 0.2) is 24.3 Å². The van der Waals surface area contributed by atoms with Crippen LogP contribution in [0.25, 0.3) is 0 Å². The first kappa shape index (κ1) is 13.6. The van der Waals surface area contributed by atoms with Crippen LogP contribution in [0.2, 0.25) is 0 Å². The molecule has 0 aliphatic carbocycles. The van der Waals surface area contributed by atoms with Crippen LogP contribution in [0, 0.1) is 11.8 Å². The van der Waals surface area contributed by atoms with E-state index in [1.807, 2.05) is 24.3 Å². The first-order valence-corrected chi connectivity index (χ1v) is 6.49. The van der Waals surface area contributed by atoms with Crippen molar-refractivity contribution in [3.05, 3.63) is 29.8 Å². The van der Waals surface area contributed by atoms with Gasteiger partial charge in [0.25, 0.3) is 0 Å². The molecule has 0 bridgehead atoms. The highest BCUT2D eigenvalue weighted by Crippen LogP contribution is 2.11. The zero-order valence-corrected chi connectivity index (χ0v) is 11.0. The van der Waals surface area contributed by atoms with E-state index in [1.165, 1.54) is 32.1 Å². The van der Waals surface area contributed by atoms with Gasteiger partial charge in [0.1, 0.15) is 5.75 Å². The minimum atomic E-state index is 0.875. The number of hydrogen-bond acceptors (Lipinski definition) is 1. The van der Waals surface area contributed by atoms with Crippen molar-refractivity contribution in [1.29, 1.82) is 0 Å². The molecule has 1 nitrogen and oxygen atoms in total. The Kier molecular flexibility index (Phi) is 6.98. The van der Waals surface area contributed by atoms with Crippen LogP contribution in [0.3, 0.4) is 0 Å². The summed E-state index contributed by atoms with van der Waals surface area (Å²) in [7, 11) is 1.68. The zero-order valence-electron chi connectivity index (χ0n) is 11.0. The van der Waals surface area contributed by atoms with Crippen LogP contribution in [-0.2, 0) is 0 Å². The number of unbranched alkanes of at least 4 members (excludes halogenated alkanes) is 5. The number of benzene rings is 1. The lowest BCUT2D eigenvalue weighted by molar-refractivity contribution is 0.414. The van der Waals surface area contributed by atoms with Gasteiger partial charge in [-0.25, -0.2) is 0 Å². The van der Waals surface area contributed by atoms with Crippen LogP contribution in [-0.4, -0.2) is 7.11 Å². The topological polar surface area (TPSA) is 9.23 Å². The van der Waals surface area contributed by atoms with Crippen LogP contribution in [0.1, 0.15) is 51.0 Å². The van der Waals surface area contributed by atoms with Crippen molar-refractivity contribution in [2.45, 2.75) is 45.4 Å². The standard InChI is InChI=1S/C16H22O/c1-3-4-5-6-7-8-9-11-15-12-10-13-16(14-15)17-2/h10,12-14H,3-8H2,1-2H3. The van der Waals surface area contributed by atoms with Gasteiger partial charge in [0.05, 0.1) is 7.11 Å². The van der Waals surface area contributed by atoms with E-state index in [9.17, 15) is 0 Å². The van der Waals surface area contributed by atoms with E-state index in [0.717, 1.165) is 17.7 Å². The summed E-state index contributed by atoms with van der Waals surface area (Å²) in [6.45, 7) is 2.24. The Balaban J connectivity index is 2.28. The second-order valence-corrected chi connectivity index (χ2v) is 4.20. The molecule has 1 aromatic carbocycles. The largest absolute Gasteiger partial charge is 0.497 e. The molecule has 0 saturated carbocycles. The minimum Gasteiger partial charge on any atom is -0.497 e. The van der Waals surface area contributed by atoms with Gasteiger partial charge in [0, 0.05) is 12.0 Å². The Labute approximate surface area is 105 Å². The van der Waals surface area contributed by atoms with E-state index in [4.69, 9.17) is 4.74 Å². The molecule has 0 heterocycles. The number of hydrogen-bond donors (Lipinski definition) is 0. The van der Waals surface area contributed by atoms with Crippen molar-refractivity contribution in [3.8, 4) is 17.6 Å². The molecular weight excluding hydrogens is 208 g/mol. The van der Waals surface area contributed by atoms with Crippen LogP contribution in [0.5, 0.6) is 5.75 Å². The Morgan fingerprint density at radius 2 is 1.94 bits per heavy atom. The highest BCUT2D eigenvalue weighted by Gasteiger charge is 1.91. The molecule has 1 heteroatoms. The molecule has 1 rings (SSSR count). The molecule has 0 spiro atoms. The fourth-order valence-corrected chi connectivity index (χ4v) is 1.68. The average molecular weight is 230 g/mol. The van der Waals surface area contributed by atoms with Crippen LogP contribution in [0.4, 0.5) is 0 Å². The van der Waals surface area contributed by atoms with Gasteiger partial charge in [-0.3, -0.25) is 0 Å². The molecule has 0 atom stereocenters. The highest BCUT2D eigenvalue weighted by atomic mass is 16.5. The van der Waals surface area contributed by atoms with Gasteiger partial charge in [0.2, 0.25) is 0 Å². The third-order valence-corrected chi connectivity index (χ3v) is 2.71. The van der Waals surface area contributed by atoms with Crippen molar-refractivity contribution in [2.75, 3.05) is 7.11 Å². The van der Waals surface area contributed by atoms with Gasteiger partial charge in [-0.2, -0.15) is 0 Å². The SMILES string of the molecule is CCCCCCCC#Cc1cccc(OC)c1. The van der Waals surface area contributed by atoms with Gasteiger partial charge in [-0.05, 0) is 24.6 Å². The molecular formula is C16H22O. The second kappa shape index (κ2) is 8.70. The maximum absolute atomic E-state index is 5.16. The van der Waals surface area contributed by atoms with E-state index in [1.54, 1.807) is 7.11 Å². The predicted molar refractivity (Wildman–Crippen MR) is 73.2 cm³/mol. The molecule has 0 unspecified atom stereocenters. The van der Waals surface area contributed by atoms with Crippen molar-refractivity contribution in [3.63, 3.8) is 0 Å². The lowest BCUT2D eigenvalue weighted by Gasteiger charge is -1.98. The molecule has 0 aromatic heterocycles. The van der Waals surface area contributed by atoms with Gasteiger partial charge in [-0.15, -0.1) is 0 Å². The molecule has 0 aliphatic rings. The lowest BCUT2D eigenvalue weighted by atomic mass is 10.1. The summed E-state index contributed by atoms with van der Waals surface area (Å²) in [5.41, 5.74) is 1.04. The Morgan fingerprint density at radius 1 is 1.12 bits per heavy atom. The van der Waals surface area contributed by atoms with Crippen LogP contribution >= 0.6 is 0 Å². The van der Waals surface area contributed by atoms with Crippen LogP contribution < -0.4 is 4.74 Å². The molecule has 0 N–H and O–H groups in total. The quantitative estimate of drug-likeness (QED) is 0.519. The molecule has 0 amide bonds. The van der Waals surface area contributed by atoms with Crippen molar-refractivity contribution in [2.24, 2.45) is 0 Å². The van der Waals surface area contributed by atoms with E-state index in [0.29, 0.717) is 0 Å². The van der Waals surface area contributed by atoms with E-state index >= 15 is 0 Å². The molecule has 92 valence electrons. The fourth-order valence-electron chi connectivity index (χ4n) is 1.68. The average Bonchev–Trinajstić information content (AvgIpc) is 2.38. The lowest BCUT2D eigenvalue weighted by Crippen LogP contribution is -1.83. The first-order chi connectivity index (χ1) is 8.36. The molecule has 17 heavy (non-hydrogen) atoms. The van der Waals surface area contributed by atoms with E-state index in [-0.39, 0.29) is 0 Å². The Bertz CT molecular complexity index is 371. The fraction of sp³-hybridized carbons (Fsp3) is 0.500. The summed E-state index contributed by atoms with van der Waals surface area (Å²) >= 11 is 0. The summed E-state index contributed by atoms with van der Waals surface area (Å²) in [5, 5.41) is 0. The van der Waals surface area contributed by atoms with Gasteiger partial charge in [-0.1, -0.05) is 50.5 Å². The molecule has 0 saturated heterocycles.